The van der Waals surface area contributed by atoms with Gasteiger partial charge in [-0.1, -0.05) is 6.07 Å². The normalized spacial score (nSPS) is 10.9. The Balaban J connectivity index is 2.70. The second-order valence-corrected chi connectivity index (χ2v) is 3.22. The quantitative estimate of drug-likeness (QED) is 0.509. The van der Waals surface area contributed by atoms with Gasteiger partial charge in [-0.25, -0.2) is 4.98 Å². The van der Waals surface area contributed by atoms with E-state index in [4.69, 9.17) is 0 Å². The Labute approximate surface area is 84.8 Å². The van der Waals surface area contributed by atoms with E-state index in [2.05, 4.69) is 9.97 Å². The molecule has 0 spiro atoms. The second kappa shape index (κ2) is 2.88. The maximum Gasteiger partial charge on any atom is 0.282 e. The Kier molecular flexibility index (Phi) is 1.56. The molecule has 0 N–H and O–H groups in total. The van der Waals surface area contributed by atoms with Gasteiger partial charge in [0.15, 0.2) is 5.65 Å². The van der Waals surface area contributed by atoms with Gasteiger partial charge in [-0.05, 0) is 24.3 Å². The van der Waals surface area contributed by atoms with E-state index in [1.807, 2.05) is 18.3 Å². The lowest BCUT2D eigenvalue weighted by Crippen LogP contribution is -2.11. The van der Waals surface area contributed by atoms with E-state index in [0.29, 0.717) is 16.7 Å². The highest BCUT2D eigenvalue weighted by Gasteiger charge is 2.03. The molecular weight excluding hydrogens is 190 g/mol. The predicted octanol–water partition coefficient (Wildman–Crippen LogP) is 1.24. The fourth-order valence-electron chi connectivity index (χ4n) is 1.62. The summed E-state index contributed by atoms with van der Waals surface area (Å²) in [6.07, 6.45) is 3.51. The first-order valence-electron chi connectivity index (χ1n) is 4.58. The van der Waals surface area contributed by atoms with Crippen molar-refractivity contribution in [3.8, 4) is 0 Å². The number of fused-ring (bicyclic) bond motifs is 3. The molecule has 4 nitrogen and oxygen atoms in total. The van der Waals surface area contributed by atoms with Crippen molar-refractivity contribution in [2.45, 2.75) is 0 Å². The zero-order valence-corrected chi connectivity index (χ0v) is 7.79. The van der Waals surface area contributed by atoms with Crippen LogP contribution in [0.4, 0.5) is 0 Å². The van der Waals surface area contributed by atoms with Crippen LogP contribution in [0.25, 0.3) is 16.7 Å². The van der Waals surface area contributed by atoms with E-state index in [1.165, 1.54) is 0 Å². The van der Waals surface area contributed by atoms with Crippen LogP contribution in [0.1, 0.15) is 0 Å². The lowest BCUT2D eigenvalue weighted by molar-refractivity contribution is 1.10. The minimum absolute atomic E-state index is 0.232. The van der Waals surface area contributed by atoms with Crippen LogP contribution in [0, 0.1) is 0 Å². The summed E-state index contributed by atoms with van der Waals surface area (Å²) in [5, 5.41) is 0.543. The van der Waals surface area contributed by atoms with E-state index in [0.717, 1.165) is 0 Å². The summed E-state index contributed by atoms with van der Waals surface area (Å²) in [5.74, 6) is 0. The van der Waals surface area contributed by atoms with Crippen molar-refractivity contribution >= 4 is 16.7 Å². The van der Waals surface area contributed by atoms with Gasteiger partial charge in [0.05, 0.1) is 5.39 Å². The summed E-state index contributed by atoms with van der Waals surface area (Å²) in [6.45, 7) is 0. The molecule has 3 aromatic rings. The molecule has 0 amide bonds. The van der Waals surface area contributed by atoms with Gasteiger partial charge in [-0.2, -0.15) is 4.98 Å². The van der Waals surface area contributed by atoms with Gasteiger partial charge in [0.1, 0.15) is 5.65 Å². The Hall–Kier alpha value is -2.23. The molecule has 0 fully saturated rings. The highest BCUT2D eigenvalue weighted by Crippen LogP contribution is 2.07. The topological polar surface area (TPSA) is 47.3 Å². The van der Waals surface area contributed by atoms with Crippen LogP contribution in [0.3, 0.4) is 0 Å². The minimum Gasteiger partial charge on any atom is -0.285 e. The highest BCUT2D eigenvalue weighted by molar-refractivity contribution is 5.76. The lowest BCUT2D eigenvalue weighted by Gasteiger charge is -2.02. The molecule has 0 bridgehead atoms. The lowest BCUT2D eigenvalue weighted by atomic mass is 10.3. The van der Waals surface area contributed by atoms with Crippen molar-refractivity contribution in [1.29, 1.82) is 0 Å². The summed E-state index contributed by atoms with van der Waals surface area (Å²) in [7, 11) is 0. The monoisotopic (exact) mass is 197 g/mol. The van der Waals surface area contributed by atoms with E-state index in [1.54, 1.807) is 28.8 Å². The van der Waals surface area contributed by atoms with Crippen molar-refractivity contribution < 1.29 is 0 Å². The smallest absolute Gasteiger partial charge is 0.282 e. The number of nitrogens with zero attached hydrogens (tertiary/aromatic N) is 3. The van der Waals surface area contributed by atoms with E-state index in [9.17, 15) is 4.79 Å². The van der Waals surface area contributed by atoms with Gasteiger partial charge < -0.3 is 0 Å². The molecule has 0 saturated heterocycles. The van der Waals surface area contributed by atoms with Crippen LogP contribution < -0.4 is 5.56 Å². The Morgan fingerprint density at radius 2 is 2.07 bits per heavy atom. The summed E-state index contributed by atoms with van der Waals surface area (Å²) in [5.41, 5.74) is 1.03. The average Bonchev–Trinajstić information content (AvgIpc) is 2.30. The number of aromatic nitrogens is 3. The minimum atomic E-state index is -0.232. The third kappa shape index (κ3) is 1.11. The summed E-state index contributed by atoms with van der Waals surface area (Å²) >= 11 is 0. The number of hydrogen-bond acceptors (Lipinski definition) is 3. The van der Waals surface area contributed by atoms with Gasteiger partial charge in [0, 0.05) is 12.4 Å². The molecule has 4 heteroatoms. The standard InChI is InChI=1S/C11H7N3O/c15-11-8-4-3-6-12-10(8)14-7-2-1-5-9(14)13-11/h1-7H. The molecule has 72 valence electrons. The fraction of sp³-hybridized carbons (Fsp3) is 0. The zero-order chi connectivity index (χ0) is 10.3. The van der Waals surface area contributed by atoms with Crippen molar-refractivity contribution in [2.24, 2.45) is 0 Å². The first-order chi connectivity index (χ1) is 7.36. The molecule has 0 aliphatic carbocycles. The first-order valence-corrected chi connectivity index (χ1v) is 4.58. The molecule has 0 atom stereocenters. The van der Waals surface area contributed by atoms with Crippen LogP contribution in [0.5, 0.6) is 0 Å². The van der Waals surface area contributed by atoms with Crippen LogP contribution in [0.2, 0.25) is 0 Å². The van der Waals surface area contributed by atoms with Crippen molar-refractivity contribution in [2.75, 3.05) is 0 Å². The molecular formula is C11H7N3O. The molecule has 15 heavy (non-hydrogen) atoms. The molecule has 0 radical (unpaired) electrons. The van der Waals surface area contributed by atoms with Crippen molar-refractivity contribution in [3.63, 3.8) is 0 Å². The van der Waals surface area contributed by atoms with Crippen LogP contribution in [-0.4, -0.2) is 14.4 Å². The van der Waals surface area contributed by atoms with Gasteiger partial charge in [0.2, 0.25) is 0 Å². The zero-order valence-electron chi connectivity index (χ0n) is 7.79. The number of rotatable bonds is 0. The third-order valence-electron chi connectivity index (χ3n) is 2.30. The molecule has 3 heterocycles. The molecule has 0 aromatic carbocycles. The maximum absolute atomic E-state index is 11.6. The molecule has 0 saturated carbocycles. The maximum atomic E-state index is 11.6. The molecule has 0 unspecified atom stereocenters. The van der Waals surface area contributed by atoms with E-state index < -0.39 is 0 Å². The fourth-order valence-corrected chi connectivity index (χ4v) is 1.62. The molecule has 3 aromatic heterocycles. The number of hydrogen-bond donors (Lipinski definition) is 0. The van der Waals surface area contributed by atoms with E-state index in [-0.39, 0.29) is 5.56 Å². The highest BCUT2D eigenvalue weighted by atomic mass is 16.1. The van der Waals surface area contributed by atoms with Gasteiger partial charge in [-0.3, -0.25) is 9.20 Å². The van der Waals surface area contributed by atoms with Crippen LogP contribution in [-0.2, 0) is 0 Å². The van der Waals surface area contributed by atoms with Crippen molar-refractivity contribution in [3.05, 3.63) is 53.1 Å². The Morgan fingerprint density at radius 1 is 1.13 bits per heavy atom. The largest absolute Gasteiger partial charge is 0.285 e. The summed E-state index contributed by atoms with van der Waals surface area (Å²) < 4.78 is 1.80. The van der Waals surface area contributed by atoms with Gasteiger partial charge in [0.25, 0.3) is 5.56 Å². The molecule has 3 rings (SSSR count). The predicted molar refractivity (Wildman–Crippen MR) is 56.8 cm³/mol. The first kappa shape index (κ1) is 8.11. The Morgan fingerprint density at radius 3 is 3.00 bits per heavy atom. The number of pyridine rings is 2. The third-order valence-corrected chi connectivity index (χ3v) is 2.30. The van der Waals surface area contributed by atoms with Gasteiger partial charge in [-0.15, -0.1) is 0 Å². The second-order valence-electron chi connectivity index (χ2n) is 3.22. The van der Waals surface area contributed by atoms with Gasteiger partial charge >= 0.3 is 0 Å². The van der Waals surface area contributed by atoms with E-state index >= 15 is 0 Å². The molecule has 0 aliphatic heterocycles. The SMILES string of the molecule is O=c1nc2ccccn2c2ncccc12. The summed E-state index contributed by atoms with van der Waals surface area (Å²) in [6, 6.07) is 8.98. The molecule has 0 aliphatic rings. The summed E-state index contributed by atoms with van der Waals surface area (Å²) in [4.78, 5) is 19.8. The average molecular weight is 197 g/mol. The van der Waals surface area contributed by atoms with Crippen LogP contribution in [0.15, 0.2) is 47.5 Å². The Bertz CT molecular complexity index is 703. The van der Waals surface area contributed by atoms with Crippen LogP contribution >= 0.6 is 0 Å². The van der Waals surface area contributed by atoms with Crippen molar-refractivity contribution in [1.82, 2.24) is 14.4 Å².